The summed E-state index contributed by atoms with van der Waals surface area (Å²) in [6.07, 6.45) is 1.95. The fourth-order valence-electron chi connectivity index (χ4n) is 4.14. The van der Waals surface area contributed by atoms with E-state index in [4.69, 9.17) is 4.42 Å². The van der Waals surface area contributed by atoms with Gasteiger partial charge < -0.3 is 14.7 Å². The lowest BCUT2D eigenvalue weighted by Crippen LogP contribution is -2.28. The summed E-state index contributed by atoms with van der Waals surface area (Å²) in [6, 6.07) is 12.9. The van der Waals surface area contributed by atoms with Crippen LogP contribution in [0.4, 0.5) is 10.1 Å². The van der Waals surface area contributed by atoms with Crippen molar-refractivity contribution in [3.05, 3.63) is 77.3 Å². The molecule has 176 valence electrons. The van der Waals surface area contributed by atoms with Gasteiger partial charge in [0.25, 0.3) is 5.91 Å². The van der Waals surface area contributed by atoms with Crippen molar-refractivity contribution in [2.75, 3.05) is 18.4 Å². The zero-order valence-electron chi connectivity index (χ0n) is 18.5. The molecule has 10 heteroatoms. The van der Waals surface area contributed by atoms with Gasteiger partial charge in [0.2, 0.25) is 10.0 Å². The molecule has 2 aromatic heterocycles. The lowest BCUT2D eigenvalue weighted by molar-refractivity contribution is 0.0995. The predicted octanol–water partition coefficient (Wildman–Crippen LogP) is 4.23. The molecular weight excluding hydrogens is 459 g/mol. The maximum Gasteiger partial charge on any atom is 0.291 e. The fourth-order valence-corrected chi connectivity index (χ4v) is 5.82. The second-order valence-electron chi connectivity index (χ2n) is 8.28. The van der Waals surface area contributed by atoms with Crippen LogP contribution in [-0.4, -0.2) is 41.7 Å². The number of carbonyl (C=O) groups excluding carboxylic acids is 1. The maximum atomic E-state index is 14.0. The van der Waals surface area contributed by atoms with E-state index in [1.165, 1.54) is 23.4 Å². The summed E-state index contributed by atoms with van der Waals surface area (Å²) >= 11 is 0. The van der Waals surface area contributed by atoms with Crippen LogP contribution in [0.5, 0.6) is 0 Å². The van der Waals surface area contributed by atoms with E-state index in [1.807, 2.05) is 0 Å². The molecule has 1 aliphatic heterocycles. The van der Waals surface area contributed by atoms with Crippen LogP contribution in [0.25, 0.3) is 11.0 Å². The number of aromatic amines is 1. The molecule has 1 aliphatic rings. The van der Waals surface area contributed by atoms with Crippen LogP contribution in [0.1, 0.15) is 40.5 Å². The summed E-state index contributed by atoms with van der Waals surface area (Å²) in [5, 5.41) is 2.73. The molecule has 0 atom stereocenters. The maximum absolute atomic E-state index is 14.0. The van der Waals surface area contributed by atoms with Gasteiger partial charge >= 0.3 is 0 Å². The molecule has 0 radical (unpaired) electrons. The summed E-state index contributed by atoms with van der Waals surface area (Å²) < 4.78 is 46.6. The highest BCUT2D eigenvalue weighted by molar-refractivity contribution is 7.89. The van der Waals surface area contributed by atoms with E-state index in [0.29, 0.717) is 47.6 Å². The van der Waals surface area contributed by atoms with Crippen LogP contribution in [0, 0.1) is 12.7 Å². The smallest absolute Gasteiger partial charge is 0.291 e. The van der Waals surface area contributed by atoms with E-state index >= 15 is 0 Å². The molecule has 1 amide bonds. The van der Waals surface area contributed by atoms with Crippen LogP contribution in [-0.2, 0) is 16.4 Å². The molecule has 1 saturated heterocycles. The average Bonchev–Trinajstić information content (AvgIpc) is 3.55. The number of imidazole rings is 1. The van der Waals surface area contributed by atoms with Gasteiger partial charge in [-0.05, 0) is 49.6 Å². The van der Waals surface area contributed by atoms with E-state index in [2.05, 4.69) is 15.3 Å². The third kappa shape index (κ3) is 4.22. The number of fused-ring (bicyclic) bond motifs is 1. The molecule has 8 nitrogen and oxygen atoms in total. The number of nitrogens with one attached hydrogen (secondary N) is 2. The number of halogens is 1. The number of carbonyl (C=O) groups is 1. The van der Waals surface area contributed by atoms with Crippen molar-refractivity contribution < 1.29 is 22.0 Å². The van der Waals surface area contributed by atoms with Crippen LogP contribution in [0.15, 0.2) is 57.8 Å². The number of nitrogens with zero attached hydrogens (tertiary/aromatic N) is 2. The Morgan fingerprint density at radius 1 is 1.18 bits per heavy atom. The molecule has 0 aliphatic carbocycles. The van der Waals surface area contributed by atoms with Crippen molar-refractivity contribution in [1.82, 2.24) is 14.3 Å². The van der Waals surface area contributed by atoms with Gasteiger partial charge in [-0.3, -0.25) is 4.79 Å². The average molecular weight is 483 g/mol. The second kappa shape index (κ2) is 8.69. The highest BCUT2D eigenvalue weighted by Gasteiger charge is 2.31. The third-order valence-corrected chi connectivity index (χ3v) is 7.89. The predicted molar refractivity (Wildman–Crippen MR) is 125 cm³/mol. The topological polar surface area (TPSA) is 108 Å². The molecule has 0 unspecified atom stereocenters. The number of rotatable bonds is 6. The number of aromatic nitrogens is 2. The molecular formula is C24H23FN4O4S. The summed E-state index contributed by atoms with van der Waals surface area (Å²) in [7, 11) is -3.69. The van der Waals surface area contributed by atoms with Gasteiger partial charge in [-0.1, -0.05) is 18.2 Å². The summed E-state index contributed by atoms with van der Waals surface area (Å²) in [5.74, 6) is -0.159. The number of hydrogen-bond acceptors (Lipinski definition) is 5. The summed E-state index contributed by atoms with van der Waals surface area (Å²) in [6.45, 7) is 2.47. The number of H-pyrrole nitrogens is 1. The first-order valence-corrected chi connectivity index (χ1v) is 12.4. The lowest BCUT2D eigenvalue weighted by atomic mass is 10.1. The molecule has 0 bridgehead atoms. The standard InChI is InChI=1S/C24H23FN4O4S/c1-15-22(34(31,32)29-10-4-5-11-29)14-21(33-15)24(30)26-17-8-9-19-20(13-17)28-23(27-19)12-16-6-2-3-7-18(16)25/h2-3,6-9,13-14H,4-5,10-12H2,1H3,(H,26,30)(H,27,28). The molecule has 0 saturated carbocycles. The first-order valence-electron chi connectivity index (χ1n) is 11.0. The van der Waals surface area contributed by atoms with Crippen molar-refractivity contribution in [2.24, 2.45) is 0 Å². The van der Waals surface area contributed by atoms with Crippen molar-refractivity contribution in [2.45, 2.75) is 31.1 Å². The third-order valence-electron chi connectivity index (χ3n) is 5.88. The monoisotopic (exact) mass is 482 g/mol. The minimum Gasteiger partial charge on any atom is -0.455 e. The SMILES string of the molecule is Cc1oc(C(=O)Nc2ccc3nc(Cc4ccccc4F)[nH]c3c2)cc1S(=O)(=O)N1CCCC1. The van der Waals surface area contributed by atoms with E-state index in [9.17, 15) is 17.6 Å². The molecule has 5 rings (SSSR count). The quantitative estimate of drug-likeness (QED) is 0.428. The number of amides is 1. The van der Waals surface area contributed by atoms with Gasteiger partial charge in [0.05, 0.1) is 11.0 Å². The summed E-state index contributed by atoms with van der Waals surface area (Å²) in [5.41, 5.74) is 2.37. The minimum atomic E-state index is -3.69. The van der Waals surface area contributed by atoms with E-state index in [1.54, 1.807) is 36.4 Å². The van der Waals surface area contributed by atoms with E-state index in [0.717, 1.165) is 12.8 Å². The zero-order valence-corrected chi connectivity index (χ0v) is 19.3. The first kappa shape index (κ1) is 22.3. The van der Waals surface area contributed by atoms with Gasteiger partial charge in [-0.15, -0.1) is 0 Å². The van der Waals surface area contributed by atoms with Gasteiger partial charge in [-0.25, -0.2) is 17.8 Å². The number of benzene rings is 2. The Morgan fingerprint density at radius 2 is 1.94 bits per heavy atom. The Balaban J connectivity index is 1.34. The summed E-state index contributed by atoms with van der Waals surface area (Å²) in [4.78, 5) is 20.4. The van der Waals surface area contributed by atoms with Crippen molar-refractivity contribution in [1.29, 1.82) is 0 Å². The normalized spacial score (nSPS) is 14.6. The largest absolute Gasteiger partial charge is 0.455 e. The number of hydrogen-bond donors (Lipinski definition) is 2. The highest BCUT2D eigenvalue weighted by atomic mass is 32.2. The lowest BCUT2D eigenvalue weighted by Gasteiger charge is -2.14. The van der Waals surface area contributed by atoms with Crippen LogP contribution < -0.4 is 5.32 Å². The second-order valence-corrected chi connectivity index (χ2v) is 10.2. The molecule has 2 N–H and O–H groups in total. The number of aryl methyl sites for hydroxylation is 1. The Morgan fingerprint density at radius 3 is 2.71 bits per heavy atom. The zero-order chi connectivity index (χ0) is 23.9. The molecule has 3 heterocycles. The van der Waals surface area contributed by atoms with Crippen LogP contribution in [0.3, 0.4) is 0 Å². The van der Waals surface area contributed by atoms with Gasteiger partial charge in [0.15, 0.2) is 5.76 Å². The van der Waals surface area contributed by atoms with E-state index in [-0.39, 0.29) is 22.2 Å². The number of anilines is 1. The first-order chi connectivity index (χ1) is 16.3. The Bertz CT molecular complexity index is 1490. The van der Waals surface area contributed by atoms with Crippen molar-refractivity contribution in [3.8, 4) is 0 Å². The highest BCUT2D eigenvalue weighted by Crippen LogP contribution is 2.27. The van der Waals surface area contributed by atoms with Crippen LogP contribution >= 0.6 is 0 Å². The molecule has 4 aromatic rings. The molecule has 0 spiro atoms. The van der Waals surface area contributed by atoms with Gasteiger partial charge in [0, 0.05) is 31.3 Å². The van der Waals surface area contributed by atoms with Crippen molar-refractivity contribution >= 4 is 32.7 Å². The Labute approximate surface area is 195 Å². The van der Waals surface area contributed by atoms with E-state index < -0.39 is 15.9 Å². The van der Waals surface area contributed by atoms with Crippen molar-refractivity contribution in [3.63, 3.8) is 0 Å². The Kier molecular flexibility index (Phi) is 5.70. The molecule has 34 heavy (non-hydrogen) atoms. The number of sulfonamides is 1. The number of furan rings is 1. The van der Waals surface area contributed by atoms with Crippen LogP contribution in [0.2, 0.25) is 0 Å². The Hall–Kier alpha value is -3.50. The molecule has 2 aromatic carbocycles. The fraction of sp³-hybridized carbons (Fsp3) is 0.250. The van der Waals surface area contributed by atoms with Gasteiger partial charge in [-0.2, -0.15) is 4.31 Å². The minimum absolute atomic E-state index is 0.0151. The molecule has 1 fully saturated rings. The van der Waals surface area contributed by atoms with Gasteiger partial charge in [0.1, 0.15) is 22.3 Å².